The number of hydrogen-bond acceptors (Lipinski definition) is 3. The fourth-order valence-corrected chi connectivity index (χ4v) is 4.65. The van der Waals surface area contributed by atoms with Crippen LogP contribution < -0.4 is 0 Å². The number of rotatable bonds is 5. The predicted octanol–water partition coefficient (Wildman–Crippen LogP) is 2.48. The molecule has 0 aliphatic carbocycles. The average Bonchev–Trinajstić information content (AvgIpc) is 2.55. The maximum Gasteiger partial charge on any atom is 0.246 e. The fourth-order valence-electron chi connectivity index (χ4n) is 3.11. The van der Waals surface area contributed by atoms with Gasteiger partial charge in [0.25, 0.3) is 0 Å². The molecule has 1 fully saturated rings. The zero-order valence-electron chi connectivity index (χ0n) is 14.7. The molecule has 1 aliphatic heterocycles. The lowest BCUT2D eigenvalue weighted by Gasteiger charge is -2.33. The van der Waals surface area contributed by atoms with Crippen LogP contribution in [0.15, 0.2) is 23.1 Å². The summed E-state index contributed by atoms with van der Waals surface area (Å²) < 4.78 is 53.3. The first-order chi connectivity index (χ1) is 11.6. The highest BCUT2D eigenvalue weighted by Gasteiger charge is 2.34. The Balaban J connectivity index is 2.06. The number of amides is 1. The van der Waals surface area contributed by atoms with Crippen LogP contribution in [0.2, 0.25) is 0 Å². The van der Waals surface area contributed by atoms with Crippen molar-refractivity contribution in [3.05, 3.63) is 29.8 Å². The Hall–Kier alpha value is -1.54. The van der Waals surface area contributed by atoms with Gasteiger partial charge in [0.15, 0.2) is 0 Å². The molecule has 8 heteroatoms. The fraction of sp³-hybridized carbons (Fsp3) is 0.588. The molecule has 1 heterocycles. The summed E-state index contributed by atoms with van der Waals surface area (Å²) >= 11 is 0. The standard InChI is InChI=1S/C17H24F2N2O3S/c1-12(2)11-20(3)17(22)13-6-8-21(9-7-13)25(23,24)16-10-14(18)4-5-15(16)19/h4-5,10,12-13H,6-9,11H2,1-3H3. The third-order valence-corrected chi connectivity index (χ3v) is 6.24. The van der Waals surface area contributed by atoms with Crippen molar-refractivity contribution in [3.63, 3.8) is 0 Å². The van der Waals surface area contributed by atoms with Gasteiger partial charge < -0.3 is 4.90 Å². The predicted molar refractivity (Wildman–Crippen MR) is 90.3 cm³/mol. The molecule has 5 nitrogen and oxygen atoms in total. The first kappa shape index (κ1) is 19.8. The van der Waals surface area contributed by atoms with Gasteiger partial charge in [-0.15, -0.1) is 0 Å². The zero-order chi connectivity index (χ0) is 18.8. The zero-order valence-corrected chi connectivity index (χ0v) is 15.5. The molecule has 0 N–H and O–H groups in total. The van der Waals surface area contributed by atoms with E-state index in [1.807, 2.05) is 13.8 Å². The molecule has 2 rings (SSSR count). The van der Waals surface area contributed by atoms with Crippen LogP contribution in [0.4, 0.5) is 8.78 Å². The van der Waals surface area contributed by atoms with E-state index in [9.17, 15) is 22.0 Å². The molecule has 1 aromatic carbocycles. The number of halogens is 2. The lowest BCUT2D eigenvalue weighted by atomic mass is 9.96. The van der Waals surface area contributed by atoms with Crippen molar-refractivity contribution in [1.82, 2.24) is 9.21 Å². The second kappa shape index (κ2) is 7.78. The molecule has 0 aromatic heterocycles. The second-order valence-electron chi connectivity index (χ2n) is 6.87. The minimum atomic E-state index is -4.11. The van der Waals surface area contributed by atoms with E-state index in [4.69, 9.17) is 0 Å². The molecule has 25 heavy (non-hydrogen) atoms. The molecule has 0 spiro atoms. The molecule has 1 saturated heterocycles. The van der Waals surface area contributed by atoms with E-state index in [-0.39, 0.29) is 24.9 Å². The topological polar surface area (TPSA) is 57.7 Å². The van der Waals surface area contributed by atoms with Crippen LogP contribution in [-0.2, 0) is 14.8 Å². The maximum absolute atomic E-state index is 13.8. The summed E-state index contributed by atoms with van der Waals surface area (Å²) in [6, 6.07) is 2.38. The van der Waals surface area contributed by atoms with Crippen molar-refractivity contribution in [2.45, 2.75) is 31.6 Å². The molecule has 0 unspecified atom stereocenters. The van der Waals surface area contributed by atoms with Crippen molar-refractivity contribution in [2.75, 3.05) is 26.7 Å². The number of carbonyl (C=O) groups excluding carboxylic acids is 1. The van der Waals surface area contributed by atoms with Gasteiger partial charge in [-0.2, -0.15) is 4.31 Å². The molecule has 1 aliphatic rings. The molecular weight excluding hydrogens is 350 g/mol. The molecule has 0 radical (unpaired) electrons. The van der Waals surface area contributed by atoms with Gasteiger partial charge in [-0.25, -0.2) is 17.2 Å². The summed E-state index contributed by atoms with van der Waals surface area (Å²) in [5, 5.41) is 0. The monoisotopic (exact) mass is 374 g/mol. The summed E-state index contributed by atoms with van der Waals surface area (Å²) in [6.45, 7) is 4.92. The first-order valence-electron chi connectivity index (χ1n) is 8.33. The molecule has 0 atom stereocenters. The summed E-state index contributed by atoms with van der Waals surface area (Å²) in [4.78, 5) is 13.4. The smallest absolute Gasteiger partial charge is 0.246 e. The van der Waals surface area contributed by atoms with Gasteiger partial charge in [-0.3, -0.25) is 4.79 Å². The number of nitrogens with zero attached hydrogens (tertiary/aromatic N) is 2. The highest BCUT2D eigenvalue weighted by atomic mass is 32.2. The number of sulfonamides is 1. The van der Waals surface area contributed by atoms with Gasteiger partial charge in [0.2, 0.25) is 15.9 Å². The highest BCUT2D eigenvalue weighted by molar-refractivity contribution is 7.89. The van der Waals surface area contributed by atoms with Crippen molar-refractivity contribution >= 4 is 15.9 Å². The Labute approximate surface area is 147 Å². The van der Waals surface area contributed by atoms with Gasteiger partial charge in [0.05, 0.1) is 0 Å². The highest BCUT2D eigenvalue weighted by Crippen LogP contribution is 2.26. The van der Waals surface area contributed by atoms with E-state index in [1.54, 1.807) is 11.9 Å². The van der Waals surface area contributed by atoms with Crippen LogP contribution in [0.3, 0.4) is 0 Å². The Morgan fingerprint density at radius 3 is 2.44 bits per heavy atom. The molecule has 140 valence electrons. The number of piperidine rings is 1. The lowest BCUT2D eigenvalue weighted by Crippen LogP contribution is -2.44. The summed E-state index contributed by atoms with van der Waals surface area (Å²) in [6.07, 6.45) is 0.745. The van der Waals surface area contributed by atoms with E-state index >= 15 is 0 Å². The van der Waals surface area contributed by atoms with Gasteiger partial charge in [-0.1, -0.05) is 13.8 Å². The Morgan fingerprint density at radius 2 is 1.88 bits per heavy atom. The number of carbonyl (C=O) groups is 1. The van der Waals surface area contributed by atoms with Crippen LogP contribution in [0.5, 0.6) is 0 Å². The Morgan fingerprint density at radius 1 is 1.28 bits per heavy atom. The largest absolute Gasteiger partial charge is 0.345 e. The van der Waals surface area contributed by atoms with E-state index in [0.29, 0.717) is 31.4 Å². The molecule has 0 saturated carbocycles. The van der Waals surface area contributed by atoms with E-state index in [0.717, 1.165) is 16.4 Å². The molecule has 1 aromatic rings. The maximum atomic E-state index is 13.8. The van der Waals surface area contributed by atoms with Crippen LogP contribution >= 0.6 is 0 Å². The van der Waals surface area contributed by atoms with Crippen LogP contribution in [0.1, 0.15) is 26.7 Å². The normalized spacial score (nSPS) is 17.0. The van der Waals surface area contributed by atoms with Crippen LogP contribution in [0, 0.1) is 23.5 Å². The summed E-state index contributed by atoms with van der Waals surface area (Å²) in [5.41, 5.74) is 0. The van der Waals surface area contributed by atoms with Gasteiger partial charge >= 0.3 is 0 Å². The third-order valence-electron chi connectivity index (χ3n) is 4.33. The Kier molecular flexibility index (Phi) is 6.16. The van der Waals surface area contributed by atoms with Crippen LogP contribution in [0.25, 0.3) is 0 Å². The van der Waals surface area contributed by atoms with E-state index in [2.05, 4.69) is 0 Å². The van der Waals surface area contributed by atoms with Gasteiger partial charge in [0.1, 0.15) is 16.5 Å². The quantitative estimate of drug-likeness (QED) is 0.796. The van der Waals surface area contributed by atoms with Gasteiger partial charge in [-0.05, 0) is 37.0 Å². The van der Waals surface area contributed by atoms with Crippen molar-refractivity contribution in [3.8, 4) is 0 Å². The van der Waals surface area contributed by atoms with E-state index < -0.39 is 26.6 Å². The third kappa shape index (κ3) is 4.55. The second-order valence-corrected chi connectivity index (χ2v) is 8.77. The van der Waals surface area contributed by atoms with E-state index in [1.165, 1.54) is 0 Å². The van der Waals surface area contributed by atoms with Crippen molar-refractivity contribution in [2.24, 2.45) is 11.8 Å². The van der Waals surface area contributed by atoms with Gasteiger partial charge in [0, 0.05) is 32.6 Å². The average molecular weight is 374 g/mol. The minimum absolute atomic E-state index is 0.00249. The van der Waals surface area contributed by atoms with Crippen molar-refractivity contribution < 1.29 is 22.0 Å². The SMILES string of the molecule is CC(C)CN(C)C(=O)C1CCN(S(=O)(=O)c2cc(F)ccc2F)CC1. The first-order valence-corrected chi connectivity index (χ1v) is 9.77. The summed E-state index contributed by atoms with van der Waals surface area (Å²) in [7, 11) is -2.37. The number of benzene rings is 1. The number of hydrogen-bond donors (Lipinski definition) is 0. The molecular formula is C17H24F2N2O3S. The minimum Gasteiger partial charge on any atom is -0.345 e. The molecule has 0 bridgehead atoms. The lowest BCUT2D eigenvalue weighted by molar-refractivity contribution is -0.135. The summed E-state index contributed by atoms with van der Waals surface area (Å²) in [5.74, 6) is -1.67. The van der Waals surface area contributed by atoms with Crippen LogP contribution in [-0.4, -0.2) is 50.2 Å². The Bertz CT molecular complexity index is 729. The van der Waals surface area contributed by atoms with Crippen molar-refractivity contribution in [1.29, 1.82) is 0 Å². The molecule has 1 amide bonds.